The van der Waals surface area contributed by atoms with Crippen LogP contribution in [0.5, 0.6) is 5.75 Å². The summed E-state index contributed by atoms with van der Waals surface area (Å²) >= 11 is 5.94. The zero-order valence-corrected chi connectivity index (χ0v) is 21.8. The molecule has 1 fully saturated rings. The number of nitrogens with zero attached hydrogens (tertiary/aromatic N) is 2. The van der Waals surface area contributed by atoms with Gasteiger partial charge in [0, 0.05) is 61.8 Å². The minimum absolute atomic E-state index is 0.221. The average Bonchev–Trinajstić information content (AvgIpc) is 2.93. The first kappa shape index (κ1) is 26.3. The van der Waals surface area contributed by atoms with E-state index in [4.69, 9.17) is 21.1 Å². The summed E-state index contributed by atoms with van der Waals surface area (Å²) in [5, 5.41) is 6.34. The highest BCUT2D eigenvalue weighted by Crippen LogP contribution is 2.31. The van der Waals surface area contributed by atoms with E-state index in [0.29, 0.717) is 35.0 Å². The summed E-state index contributed by atoms with van der Waals surface area (Å²) in [7, 11) is 3.27. The fraction of sp³-hybridized carbons (Fsp3) is 0.286. The molecule has 2 amide bonds. The van der Waals surface area contributed by atoms with E-state index in [0.717, 1.165) is 43.3 Å². The molecule has 0 saturated carbocycles. The predicted molar refractivity (Wildman–Crippen MR) is 147 cm³/mol. The van der Waals surface area contributed by atoms with Crippen LogP contribution in [-0.4, -0.2) is 65.4 Å². The van der Waals surface area contributed by atoms with Gasteiger partial charge in [0.1, 0.15) is 5.75 Å². The normalized spacial score (nSPS) is 13.3. The van der Waals surface area contributed by atoms with Crippen LogP contribution >= 0.6 is 11.6 Å². The van der Waals surface area contributed by atoms with E-state index < -0.39 is 0 Å². The van der Waals surface area contributed by atoms with Gasteiger partial charge in [0.05, 0.1) is 25.0 Å². The molecule has 9 heteroatoms. The maximum Gasteiger partial charge on any atom is 0.255 e. The molecule has 0 radical (unpaired) electrons. The molecule has 194 valence electrons. The largest absolute Gasteiger partial charge is 0.495 e. The van der Waals surface area contributed by atoms with Gasteiger partial charge in [0.15, 0.2) is 0 Å². The van der Waals surface area contributed by atoms with Gasteiger partial charge in [0.2, 0.25) is 0 Å². The van der Waals surface area contributed by atoms with Crippen LogP contribution in [0.3, 0.4) is 0 Å². The molecule has 37 heavy (non-hydrogen) atoms. The fourth-order valence-electron chi connectivity index (χ4n) is 4.32. The number of halogens is 1. The number of nitrogens with one attached hydrogen (secondary N) is 2. The van der Waals surface area contributed by atoms with E-state index in [-0.39, 0.29) is 11.8 Å². The summed E-state index contributed by atoms with van der Waals surface area (Å²) in [5.41, 5.74) is 3.39. The van der Waals surface area contributed by atoms with Gasteiger partial charge in [0.25, 0.3) is 11.8 Å². The standard InChI is InChI=1S/C28H31ClN4O4/c1-36-18-13-30-28(35)23-19-22(31-27(34)20-7-9-21(29)10-8-20)11-12-24(23)32-14-16-33(17-15-32)25-5-3-4-6-26(25)37-2/h3-12,19H,13-18H2,1-2H3,(H,30,35)(H,31,34). The Morgan fingerprint density at radius 3 is 2.22 bits per heavy atom. The third-order valence-corrected chi connectivity index (χ3v) is 6.50. The van der Waals surface area contributed by atoms with Crippen molar-refractivity contribution in [1.82, 2.24) is 5.32 Å². The van der Waals surface area contributed by atoms with Crippen LogP contribution in [0.25, 0.3) is 0 Å². The Bertz CT molecular complexity index is 1230. The molecule has 1 heterocycles. The zero-order chi connectivity index (χ0) is 26.2. The van der Waals surface area contributed by atoms with Gasteiger partial charge >= 0.3 is 0 Å². The fourth-order valence-corrected chi connectivity index (χ4v) is 4.44. The molecule has 0 aromatic heterocycles. The van der Waals surface area contributed by atoms with Gasteiger partial charge in [-0.2, -0.15) is 0 Å². The smallest absolute Gasteiger partial charge is 0.255 e. The highest BCUT2D eigenvalue weighted by atomic mass is 35.5. The first-order chi connectivity index (χ1) is 18.0. The third-order valence-electron chi connectivity index (χ3n) is 6.24. The highest BCUT2D eigenvalue weighted by Gasteiger charge is 2.24. The summed E-state index contributed by atoms with van der Waals surface area (Å²) in [6.07, 6.45) is 0. The van der Waals surface area contributed by atoms with Crippen molar-refractivity contribution in [2.45, 2.75) is 0 Å². The summed E-state index contributed by atoms with van der Waals surface area (Å²) in [5.74, 6) is 0.345. The molecule has 3 aromatic rings. The minimum atomic E-state index is -0.277. The van der Waals surface area contributed by atoms with Gasteiger partial charge in [-0.15, -0.1) is 0 Å². The van der Waals surface area contributed by atoms with E-state index >= 15 is 0 Å². The molecule has 0 atom stereocenters. The molecule has 1 aliphatic rings. The highest BCUT2D eigenvalue weighted by molar-refractivity contribution is 6.30. The number of carbonyl (C=O) groups is 2. The lowest BCUT2D eigenvalue weighted by Crippen LogP contribution is -2.47. The van der Waals surface area contributed by atoms with E-state index in [9.17, 15) is 9.59 Å². The van der Waals surface area contributed by atoms with E-state index in [2.05, 4.69) is 26.5 Å². The maximum absolute atomic E-state index is 13.2. The van der Waals surface area contributed by atoms with Crippen LogP contribution in [-0.2, 0) is 4.74 Å². The van der Waals surface area contributed by atoms with E-state index in [1.165, 1.54) is 0 Å². The zero-order valence-electron chi connectivity index (χ0n) is 21.0. The van der Waals surface area contributed by atoms with Crippen molar-refractivity contribution in [1.29, 1.82) is 0 Å². The number of methoxy groups -OCH3 is 2. The van der Waals surface area contributed by atoms with Crippen molar-refractivity contribution in [3.8, 4) is 5.75 Å². The lowest BCUT2D eigenvalue weighted by molar-refractivity contribution is 0.0936. The number of hydrogen-bond donors (Lipinski definition) is 2. The Balaban J connectivity index is 1.53. The van der Waals surface area contributed by atoms with E-state index in [1.54, 1.807) is 44.6 Å². The number of anilines is 3. The molecule has 3 aromatic carbocycles. The molecule has 2 N–H and O–H groups in total. The molecule has 1 saturated heterocycles. The number of carbonyl (C=O) groups excluding carboxylic acids is 2. The number of hydrogen-bond acceptors (Lipinski definition) is 6. The molecule has 4 rings (SSSR count). The van der Waals surface area contributed by atoms with E-state index in [1.807, 2.05) is 30.3 Å². The van der Waals surface area contributed by atoms with Crippen LogP contribution < -0.4 is 25.2 Å². The van der Waals surface area contributed by atoms with Crippen molar-refractivity contribution in [3.05, 3.63) is 82.9 Å². The number of piperazine rings is 1. The van der Waals surface area contributed by atoms with Gasteiger partial charge < -0.3 is 29.9 Å². The second kappa shape index (κ2) is 12.5. The van der Waals surface area contributed by atoms with Crippen LogP contribution in [0.2, 0.25) is 5.02 Å². The number of rotatable bonds is 9. The number of amides is 2. The first-order valence-corrected chi connectivity index (χ1v) is 12.5. The Labute approximate surface area is 222 Å². The van der Waals surface area contributed by atoms with Crippen LogP contribution in [0.15, 0.2) is 66.7 Å². The molecule has 0 aliphatic carbocycles. The summed E-state index contributed by atoms with van der Waals surface area (Å²) < 4.78 is 10.6. The average molecular weight is 523 g/mol. The van der Waals surface area contributed by atoms with Crippen molar-refractivity contribution >= 4 is 40.5 Å². The predicted octanol–water partition coefficient (Wildman–Crippen LogP) is 4.30. The number of para-hydroxylation sites is 2. The summed E-state index contributed by atoms with van der Waals surface area (Å²) in [6, 6.07) is 20.1. The Hall–Kier alpha value is -3.75. The molecule has 0 unspecified atom stereocenters. The van der Waals surface area contributed by atoms with Gasteiger partial charge in [-0.3, -0.25) is 9.59 Å². The third kappa shape index (κ3) is 6.53. The monoisotopic (exact) mass is 522 g/mol. The molecule has 8 nitrogen and oxygen atoms in total. The second-order valence-corrected chi connectivity index (χ2v) is 9.02. The van der Waals surface area contributed by atoms with Gasteiger partial charge in [-0.05, 0) is 54.6 Å². The molecule has 0 bridgehead atoms. The van der Waals surface area contributed by atoms with Crippen LogP contribution in [0.4, 0.5) is 17.1 Å². The maximum atomic E-state index is 13.2. The molecular weight excluding hydrogens is 492 g/mol. The molecule has 0 spiro atoms. The van der Waals surface area contributed by atoms with Crippen molar-refractivity contribution < 1.29 is 19.1 Å². The lowest BCUT2D eigenvalue weighted by Gasteiger charge is -2.38. The Morgan fingerprint density at radius 2 is 1.54 bits per heavy atom. The van der Waals surface area contributed by atoms with Crippen molar-refractivity contribution in [2.75, 3.05) is 68.7 Å². The second-order valence-electron chi connectivity index (χ2n) is 8.59. The topological polar surface area (TPSA) is 83.1 Å². The van der Waals surface area contributed by atoms with Crippen molar-refractivity contribution in [2.24, 2.45) is 0 Å². The summed E-state index contributed by atoms with van der Waals surface area (Å²) in [6.45, 7) is 3.81. The lowest BCUT2D eigenvalue weighted by atomic mass is 10.1. The Morgan fingerprint density at radius 1 is 0.865 bits per heavy atom. The first-order valence-electron chi connectivity index (χ1n) is 12.1. The van der Waals surface area contributed by atoms with Crippen molar-refractivity contribution in [3.63, 3.8) is 0 Å². The van der Waals surface area contributed by atoms with Gasteiger partial charge in [-0.25, -0.2) is 0 Å². The number of ether oxygens (including phenoxy) is 2. The van der Waals surface area contributed by atoms with Crippen LogP contribution in [0.1, 0.15) is 20.7 Å². The summed E-state index contributed by atoms with van der Waals surface area (Å²) in [4.78, 5) is 30.4. The Kier molecular flexibility index (Phi) is 8.87. The molecule has 1 aliphatic heterocycles. The molecular formula is C28H31ClN4O4. The van der Waals surface area contributed by atoms with Gasteiger partial charge in [-0.1, -0.05) is 23.7 Å². The quantitative estimate of drug-likeness (QED) is 0.408. The number of benzene rings is 3. The van der Waals surface area contributed by atoms with Crippen LogP contribution in [0, 0.1) is 0 Å². The SMILES string of the molecule is COCCNC(=O)c1cc(NC(=O)c2ccc(Cl)cc2)ccc1N1CCN(c2ccccc2OC)CC1. The minimum Gasteiger partial charge on any atom is -0.495 e.